The molecule has 1 aromatic rings. The molecular weight excluding hydrogens is 158 g/mol. The second kappa shape index (κ2) is 5.36. The van der Waals surface area contributed by atoms with Gasteiger partial charge in [-0.3, -0.25) is 0 Å². The van der Waals surface area contributed by atoms with E-state index in [-0.39, 0.29) is 0 Å². The molecule has 0 bridgehead atoms. The summed E-state index contributed by atoms with van der Waals surface area (Å²) >= 11 is 0. The van der Waals surface area contributed by atoms with Crippen molar-refractivity contribution in [3.05, 3.63) is 53.8 Å². The first-order valence-electron chi connectivity index (χ1n) is 4.43. The van der Waals surface area contributed by atoms with Crippen LogP contribution in [0.5, 0.6) is 0 Å². The molecule has 0 fully saturated rings. The van der Waals surface area contributed by atoms with Gasteiger partial charge in [-0.1, -0.05) is 36.9 Å². The summed E-state index contributed by atoms with van der Waals surface area (Å²) in [7, 11) is 0. The van der Waals surface area contributed by atoms with Crippen LogP contribution in [0, 0.1) is 0 Å². The minimum absolute atomic E-state index is 0.860. The quantitative estimate of drug-likeness (QED) is 0.690. The van der Waals surface area contributed by atoms with Crippen LogP contribution in [0.4, 0.5) is 0 Å². The molecule has 0 atom stereocenters. The van der Waals surface area contributed by atoms with Gasteiger partial charge in [-0.25, -0.2) is 0 Å². The average molecular weight is 173 g/mol. The Hall–Kier alpha value is -1.30. The monoisotopic (exact) mass is 173 g/mol. The molecule has 0 heterocycles. The molecule has 0 amide bonds. The number of nitrogens with one attached hydrogen (secondary N) is 1. The lowest BCUT2D eigenvalue weighted by molar-refractivity contribution is 0.740. The lowest BCUT2D eigenvalue weighted by Crippen LogP contribution is -2.15. The topological polar surface area (TPSA) is 12.0 Å². The van der Waals surface area contributed by atoms with Gasteiger partial charge in [0.05, 0.1) is 0 Å². The van der Waals surface area contributed by atoms with Gasteiger partial charge in [0.2, 0.25) is 0 Å². The molecule has 68 valence electrons. The van der Waals surface area contributed by atoms with Crippen LogP contribution in [0.25, 0.3) is 0 Å². The summed E-state index contributed by atoms with van der Waals surface area (Å²) in [5, 5.41) is 3.31. The molecule has 0 unspecified atom stereocenters. The molecule has 0 aliphatic carbocycles. The molecule has 0 aliphatic heterocycles. The fraction of sp³-hybridized carbons (Fsp3) is 0.250. The van der Waals surface area contributed by atoms with E-state index in [1.165, 1.54) is 5.56 Å². The Bertz CT molecular complexity index is 294. The summed E-state index contributed by atoms with van der Waals surface area (Å²) in [5.74, 6) is 0. The maximum Gasteiger partial charge on any atom is 0.0240 e. The van der Waals surface area contributed by atoms with E-state index in [2.05, 4.69) is 29.8 Å². The normalized spacial score (nSPS) is 9.31. The van der Waals surface area contributed by atoms with E-state index in [0.29, 0.717) is 0 Å². The van der Waals surface area contributed by atoms with E-state index in [9.17, 15) is 0 Å². The Morgan fingerprint density at radius 3 is 2.69 bits per heavy atom. The number of hydrogen-bond acceptors (Lipinski definition) is 1. The van der Waals surface area contributed by atoms with Crippen molar-refractivity contribution in [1.29, 1.82) is 0 Å². The minimum atomic E-state index is 0.860. The molecule has 1 N–H and O–H groups in total. The van der Waals surface area contributed by atoms with Crippen LogP contribution in [0.15, 0.2) is 48.2 Å². The summed E-state index contributed by atoms with van der Waals surface area (Å²) in [5.41, 5.74) is 5.31. The predicted octanol–water partition coefficient (Wildman–Crippen LogP) is 2.51. The van der Waals surface area contributed by atoms with Crippen molar-refractivity contribution in [2.75, 3.05) is 6.54 Å². The van der Waals surface area contributed by atoms with Crippen LogP contribution in [-0.2, 0) is 6.54 Å². The highest BCUT2D eigenvalue weighted by Crippen LogP contribution is 1.97. The lowest BCUT2D eigenvalue weighted by Gasteiger charge is -2.03. The lowest BCUT2D eigenvalue weighted by atomic mass is 10.2. The second-order valence-electron chi connectivity index (χ2n) is 3.05. The van der Waals surface area contributed by atoms with Gasteiger partial charge >= 0.3 is 0 Å². The zero-order valence-electron chi connectivity index (χ0n) is 8.01. The van der Waals surface area contributed by atoms with Crippen LogP contribution in [0.2, 0.25) is 0 Å². The van der Waals surface area contributed by atoms with Crippen molar-refractivity contribution in [3.63, 3.8) is 0 Å². The highest BCUT2D eigenvalue weighted by atomic mass is 14.8. The summed E-state index contributed by atoms with van der Waals surface area (Å²) in [4.78, 5) is 0. The first-order valence-corrected chi connectivity index (χ1v) is 4.43. The molecular formula is C12H15N. The first kappa shape index (κ1) is 9.79. The van der Waals surface area contributed by atoms with Gasteiger partial charge in [0, 0.05) is 13.1 Å². The fourth-order valence-electron chi connectivity index (χ4n) is 1.05. The van der Waals surface area contributed by atoms with Gasteiger partial charge < -0.3 is 5.32 Å². The molecule has 1 rings (SSSR count). The van der Waals surface area contributed by atoms with E-state index in [0.717, 1.165) is 18.7 Å². The van der Waals surface area contributed by atoms with E-state index in [1.807, 2.05) is 25.1 Å². The highest BCUT2D eigenvalue weighted by molar-refractivity contribution is 5.14. The van der Waals surface area contributed by atoms with Gasteiger partial charge in [0.15, 0.2) is 0 Å². The summed E-state index contributed by atoms with van der Waals surface area (Å²) < 4.78 is 0. The molecule has 13 heavy (non-hydrogen) atoms. The SMILES string of the molecule is C=C=C(C)CNCc1ccccc1. The van der Waals surface area contributed by atoms with Gasteiger partial charge in [-0.05, 0) is 18.1 Å². The zero-order chi connectivity index (χ0) is 9.52. The third-order valence-electron chi connectivity index (χ3n) is 1.86. The minimum Gasteiger partial charge on any atom is -0.308 e. The second-order valence-corrected chi connectivity index (χ2v) is 3.05. The number of hydrogen-bond donors (Lipinski definition) is 1. The Kier molecular flexibility index (Phi) is 4.04. The Morgan fingerprint density at radius 1 is 1.38 bits per heavy atom. The van der Waals surface area contributed by atoms with Gasteiger partial charge in [0.25, 0.3) is 0 Å². The van der Waals surface area contributed by atoms with Crippen LogP contribution in [0.3, 0.4) is 0 Å². The molecule has 0 aliphatic rings. The number of rotatable bonds is 4. The van der Waals surface area contributed by atoms with E-state index < -0.39 is 0 Å². The molecule has 1 heteroatoms. The van der Waals surface area contributed by atoms with Gasteiger partial charge in [-0.2, -0.15) is 0 Å². The standard InChI is InChI=1S/C12H15N/c1-3-11(2)9-13-10-12-7-5-4-6-8-12/h4-8,13H,1,9-10H2,2H3. The molecule has 1 nitrogen and oxygen atoms in total. The summed E-state index contributed by atoms with van der Waals surface area (Å²) in [6, 6.07) is 10.3. The summed E-state index contributed by atoms with van der Waals surface area (Å²) in [6.45, 7) is 7.37. The van der Waals surface area contributed by atoms with Crippen molar-refractivity contribution in [2.24, 2.45) is 0 Å². The van der Waals surface area contributed by atoms with Crippen LogP contribution < -0.4 is 5.32 Å². The van der Waals surface area contributed by atoms with Crippen molar-refractivity contribution in [2.45, 2.75) is 13.5 Å². The fourth-order valence-corrected chi connectivity index (χ4v) is 1.05. The molecule has 0 saturated heterocycles. The first-order chi connectivity index (χ1) is 6.33. The van der Waals surface area contributed by atoms with Gasteiger partial charge in [0.1, 0.15) is 0 Å². The molecule has 0 radical (unpaired) electrons. The van der Waals surface area contributed by atoms with Crippen LogP contribution >= 0.6 is 0 Å². The van der Waals surface area contributed by atoms with Crippen molar-refractivity contribution < 1.29 is 0 Å². The Balaban J connectivity index is 2.32. The molecule has 0 saturated carbocycles. The third-order valence-corrected chi connectivity index (χ3v) is 1.86. The van der Waals surface area contributed by atoms with Crippen LogP contribution in [0.1, 0.15) is 12.5 Å². The van der Waals surface area contributed by atoms with Crippen molar-refractivity contribution in [3.8, 4) is 0 Å². The maximum absolute atomic E-state index is 3.58. The zero-order valence-corrected chi connectivity index (χ0v) is 8.01. The Labute approximate surface area is 79.8 Å². The molecule has 0 aromatic heterocycles. The average Bonchev–Trinajstić information content (AvgIpc) is 2.19. The van der Waals surface area contributed by atoms with E-state index in [1.54, 1.807) is 0 Å². The Morgan fingerprint density at radius 2 is 2.08 bits per heavy atom. The number of benzene rings is 1. The van der Waals surface area contributed by atoms with Crippen LogP contribution in [-0.4, -0.2) is 6.54 Å². The maximum atomic E-state index is 3.58. The van der Waals surface area contributed by atoms with Crippen molar-refractivity contribution in [1.82, 2.24) is 5.32 Å². The van der Waals surface area contributed by atoms with Gasteiger partial charge in [-0.15, -0.1) is 5.73 Å². The largest absolute Gasteiger partial charge is 0.308 e. The van der Waals surface area contributed by atoms with Crippen molar-refractivity contribution >= 4 is 0 Å². The highest BCUT2D eigenvalue weighted by Gasteiger charge is 1.90. The third kappa shape index (κ3) is 3.75. The molecule has 1 aromatic carbocycles. The smallest absolute Gasteiger partial charge is 0.0240 e. The van der Waals surface area contributed by atoms with E-state index >= 15 is 0 Å². The summed E-state index contributed by atoms with van der Waals surface area (Å²) in [6.07, 6.45) is 0. The van der Waals surface area contributed by atoms with E-state index in [4.69, 9.17) is 0 Å². The predicted molar refractivity (Wildman–Crippen MR) is 56.5 cm³/mol. The molecule has 0 spiro atoms.